The number of nitrogens with zero attached hydrogens (tertiary/aromatic N) is 1. The van der Waals surface area contributed by atoms with Crippen molar-refractivity contribution < 1.29 is 4.74 Å². The zero-order valence-electron chi connectivity index (χ0n) is 10.7. The molecule has 0 bridgehead atoms. The van der Waals surface area contributed by atoms with Gasteiger partial charge in [0.05, 0.1) is 17.3 Å². The second-order valence-electron chi connectivity index (χ2n) is 4.89. The Bertz CT molecular complexity index is 304. The standard InChI is InChI=1S/C12H22N2OS/c1-12(2,3)11-14-10(9-16-11)5-6-13-7-8-15-4/h9,13H,5-8H2,1-4H3. The number of aromatic nitrogens is 1. The van der Waals surface area contributed by atoms with Gasteiger partial charge in [-0.2, -0.15) is 0 Å². The molecule has 0 spiro atoms. The van der Waals surface area contributed by atoms with Crippen LogP contribution in [0.15, 0.2) is 5.38 Å². The summed E-state index contributed by atoms with van der Waals surface area (Å²) in [5.41, 5.74) is 1.37. The van der Waals surface area contributed by atoms with Crippen molar-refractivity contribution in [3.8, 4) is 0 Å². The molecule has 1 rings (SSSR count). The lowest BCUT2D eigenvalue weighted by Gasteiger charge is -2.13. The zero-order valence-corrected chi connectivity index (χ0v) is 11.5. The SMILES string of the molecule is COCCNCCc1csc(C(C)(C)C)n1. The van der Waals surface area contributed by atoms with E-state index in [0.717, 1.165) is 26.1 Å². The molecule has 16 heavy (non-hydrogen) atoms. The minimum absolute atomic E-state index is 0.173. The number of thiazole rings is 1. The Hall–Kier alpha value is -0.450. The van der Waals surface area contributed by atoms with Gasteiger partial charge in [0, 0.05) is 37.4 Å². The van der Waals surface area contributed by atoms with Gasteiger partial charge in [-0.25, -0.2) is 4.98 Å². The van der Waals surface area contributed by atoms with E-state index in [2.05, 4.69) is 36.5 Å². The smallest absolute Gasteiger partial charge is 0.0981 e. The van der Waals surface area contributed by atoms with E-state index in [4.69, 9.17) is 4.74 Å². The summed E-state index contributed by atoms with van der Waals surface area (Å²) in [5, 5.41) is 6.71. The topological polar surface area (TPSA) is 34.1 Å². The molecule has 0 aliphatic heterocycles. The molecule has 0 radical (unpaired) electrons. The predicted octanol–water partition coefficient (Wildman–Crippen LogP) is 2.22. The fourth-order valence-electron chi connectivity index (χ4n) is 1.28. The fraction of sp³-hybridized carbons (Fsp3) is 0.750. The van der Waals surface area contributed by atoms with Crippen LogP contribution < -0.4 is 5.32 Å². The molecule has 0 saturated carbocycles. The summed E-state index contributed by atoms with van der Waals surface area (Å²) >= 11 is 1.76. The lowest BCUT2D eigenvalue weighted by atomic mass is 9.98. The predicted molar refractivity (Wildman–Crippen MR) is 69.3 cm³/mol. The lowest BCUT2D eigenvalue weighted by Crippen LogP contribution is -2.21. The van der Waals surface area contributed by atoms with Crippen LogP contribution in [0.25, 0.3) is 0 Å². The van der Waals surface area contributed by atoms with Crippen LogP contribution in [0.3, 0.4) is 0 Å². The van der Waals surface area contributed by atoms with Crippen LogP contribution in [0.2, 0.25) is 0 Å². The first kappa shape index (κ1) is 13.6. The van der Waals surface area contributed by atoms with Gasteiger partial charge in [0.15, 0.2) is 0 Å². The summed E-state index contributed by atoms with van der Waals surface area (Å²) in [6.07, 6.45) is 0.996. The molecule has 1 N–H and O–H groups in total. The van der Waals surface area contributed by atoms with Gasteiger partial charge in [0.1, 0.15) is 0 Å². The molecular weight excluding hydrogens is 220 g/mol. The van der Waals surface area contributed by atoms with E-state index in [1.54, 1.807) is 18.4 Å². The van der Waals surface area contributed by atoms with Gasteiger partial charge in [0.2, 0.25) is 0 Å². The molecule has 3 nitrogen and oxygen atoms in total. The number of nitrogens with one attached hydrogen (secondary N) is 1. The second kappa shape index (κ2) is 6.33. The van der Waals surface area contributed by atoms with Gasteiger partial charge in [-0.1, -0.05) is 20.8 Å². The average Bonchev–Trinajstić information content (AvgIpc) is 2.65. The number of methoxy groups -OCH3 is 1. The van der Waals surface area contributed by atoms with Crippen LogP contribution in [-0.2, 0) is 16.6 Å². The summed E-state index contributed by atoms with van der Waals surface area (Å²) in [7, 11) is 1.72. The largest absolute Gasteiger partial charge is 0.383 e. The quantitative estimate of drug-likeness (QED) is 0.777. The molecule has 0 atom stereocenters. The molecule has 0 aliphatic rings. The highest BCUT2D eigenvalue weighted by Crippen LogP contribution is 2.25. The Morgan fingerprint density at radius 3 is 2.69 bits per heavy atom. The molecule has 1 aromatic rings. The van der Waals surface area contributed by atoms with Crippen molar-refractivity contribution in [1.82, 2.24) is 10.3 Å². The maximum atomic E-state index is 4.97. The third-order valence-electron chi connectivity index (χ3n) is 2.23. The summed E-state index contributed by atoms with van der Waals surface area (Å²) in [6, 6.07) is 0. The summed E-state index contributed by atoms with van der Waals surface area (Å²) in [5.74, 6) is 0. The molecule has 92 valence electrons. The Morgan fingerprint density at radius 2 is 2.12 bits per heavy atom. The molecule has 0 saturated heterocycles. The van der Waals surface area contributed by atoms with Crippen LogP contribution in [0.5, 0.6) is 0 Å². The van der Waals surface area contributed by atoms with Crippen LogP contribution >= 0.6 is 11.3 Å². The van der Waals surface area contributed by atoms with Gasteiger partial charge in [-0.15, -0.1) is 11.3 Å². The maximum absolute atomic E-state index is 4.97. The maximum Gasteiger partial charge on any atom is 0.0981 e. The minimum Gasteiger partial charge on any atom is -0.383 e. The molecule has 1 aromatic heterocycles. The molecular formula is C12H22N2OS. The van der Waals surface area contributed by atoms with Gasteiger partial charge in [-0.3, -0.25) is 0 Å². The lowest BCUT2D eigenvalue weighted by molar-refractivity contribution is 0.199. The Labute approximate surface area is 102 Å². The van der Waals surface area contributed by atoms with E-state index < -0.39 is 0 Å². The van der Waals surface area contributed by atoms with E-state index in [-0.39, 0.29) is 5.41 Å². The molecule has 1 heterocycles. The number of hydrogen-bond donors (Lipinski definition) is 1. The van der Waals surface area contributed by atoms with Crippen LogP contribution in [0, 0.1) is 0 Å². The molecule has 0 amide bonds. The van der Waals surface area contributed by atoms with Crippen molar-refractivity contribution in [2.45, 2.75) is 32.6 Å². The van der Waals surface area contributed by atoms with E-state index in [0.29, 0.717) is 0 Å². The monoisotopic (exact) mass is 242 g/mol. The first-order chi connectivity index (χ1) is 7.54. The van der Waals surface area contributed by atoms with Gasteiger partial charge >= 0.3 is 0 Å². The van der Waals surface area contributed by atoms with Crippen molar-refractivity contribution in [1.29, 1.82) is 0 Å². The molecule has 0 unspecified atom stereocenters. The number of hydrogen-bond acceptors (Lipinski definition) is 4. The Morgan fingerprint density at radius 1 is 1.38 bits per heavy atom. The zero-order chi connectivity index (χ0) is 12.0. The molecule has 0 aliphatic carbocycles. The number of ether oxygens (including phenoxy) is 1. The van der Waals surface area contributed by atoms with E-state index in [9.17, 15) is 0 Å². The Kier molecular flexibility index (Phi) is 5.38. The highest BCUT2D eigenvalue weighted by Gasteiger charge is 2.17. The van der Waals surface area contributed by atoms with Crippen LogP contribution in [0.1, 0.15) is 31.5 Å². The highest BCUT2D eigenvalue weighted by atomic mass is 32.1. The second-order valence-corrected chi connectivity index (χ2v) is 5.74. The van der Waals surface area contributed by atoms with Crippen molar-refractivity contribution in [3.05, 3.63) is 16.1 Å². The van der Waals surface area contributed by atoms with Crippen molar-refractivity contribution in [2.24, 2.45) is 0 Å². The third kappa shape index (κ3) is 4.60. The van der Waals surface area contributed by atoms with Crippen LogP contribution in [0.4, 0.5) is 0 Å². The van der Waals surface area contributed by atoms with E-state index in [1.165, 1.54) is 10.7 Å². The summed E-state index contributed by atoms with van der Waals surface area (Å²) in [6.45, 7) is 9.25. The average molecular weight is 242 g/mol. The number of rotatable bonds is 6. The van der Waals surface area contributed by atoms with Crippen molar-refractivity contribution >= 4 is 11.3 Å². The normalized spacial score (nSPS) is 12.0. The van der Waals surface area contributed by atoms with Gasteiger partial charge < -0.3 is 10.1 Å². The van der Waals surface area contributed by atoms with Crippen molar-refractivity contribution in [3.63, 3.8) is 0 Å². The van der Waals surface area contributed by atoms with Gasteiger partial charge in [0.25, 0.3) is 0 Å². The molecule has 0 fully saturated rings. The third-order valence-corrected chi connectivity index (χ3v) is 3.55. The molecule has 4 heteroatoms. The van der Waals surface area contributed by atoms with Crippen LogP contribution in [-0.4, -0.2) is 31.8 Å². The Balaban J connectivity index is 2.30. The molecule has 0 aromatic carbocycles. The minimum atomic E-state index is 0.173. The summed E-state index contributed by atoms with van der Waals surface area (Å²) in [4.78, 5) is 4.65. The fourth-order valence-corrected chi connectivity index (χ4v) is 2.22. The van der Waals surface area contributed by atoms with Gasteiger partial charge in [-0.05, 0) is 0 Å². The van der Waals surface area contributed by atoms with E-state index in [1.807, 2.05) is 0 Å². The summed E-state index contributed by atoms with van der Waals surface area (Å²) < 4.78 is 4.97. The first-order valence-corrected chi connectivity index (χ1v) is 6.56. The van der Waals surface area contributed by atoms with E-state index >= 15 is 0 Å². The first-order valence-electron chi connectivity index (χ1n) is 5.68. The highest BCUT2D eigenvalue weighted by molar-refractivity contribution is 7.09. The van der Waals surface area contributed by atoms with Crippen molar-refractivity contribution in [2.75, 3.05) is 26.8 Å².